The summed E-state index contributed by atoms with van der Waals surface area (Å²) in [4.78, 5) is 10.7. The van der Waals surface area contributed by atoms with Crippen molar-refractivity contribution in [2.45, 2.75) is 4.90 Å². The zero-order chi connectivity index (χ0) is 18.7. The van der Waals surface area contributed by atoms with E-state index in [1.54, 1.807) is 12.1 Å². The molecule has 7 heteroatoms. The number of ether oxygens (including phenoxy) is 1. The lowest BCUT2D eigenvalue weighted by atomic mass is 10.0. The van der Waals surface area contributed by atoms with Crippen molar-refractivity contribution in [3.8, 4) is 22.6 Å². The molecule has 0 amide bonds. The average molecular weight is 368 g/mol. The van der Waals surface area contributed by atoms with Crippen LogP contribution in [0.2, 0.25) is 0 Å². The van der Waals surface area contributed by atoms with Crippen LogP contribution in [0.5, 0.6) is 11.5 Å². The average Bonchev–Trinajstić information content (AvgIpc) is 2.63. The molecule has 0 saturated heterocycles. The molecule has 2 N–H and O–H groups in total. The van der Waals surface area contributed by atoms with Gasteiger partial charge in [0.05, 0.1) is 15.7 Å². The van der Waals surface area contributed by atoms with Gasteiger partial charge < -0.3 is 10.5 Å². The summed E-state index contributed by atoms with van der Waals surface area (Å²) in [5.74, 6) is 0.652. The molecule has 0 bridgehead atoms. The molecule has 0 radical (unpaired) electrons. The van der Waals surface area contributed by atoms with E-state index in [0.29, 0.717) is 5.75 Å². The van der Waals surface area contributed by atoms with Gasteiger partial charge in [-0.15, -0.1) is 0 Å². The lowest BCUT2D eigenvalue weighted by molar-refractivity contribution is -0.386. The van der Waals surface area contributed by atoms with Crippen LogP contribution in [0.15, 0.2) is 71.6 Å². The molecule has 0 fully saturated rings. The van der Waals surface area contributed by atoms with Crippen molar-refractivity contribution in [1.82, 2.24) is 0 Å². The molecule has 3 aromatic rings. The fraction of sp³-hybridized carbons (Fsp3) is 0.0526. The molecule has 0 heterocycles. The number of nitrogen functional groups attached to an aromatic ring is 1. The Balaban J connectivity index is 2.13. The molecular formula is C19H16N2O4S. The number of nitrogens with two attached hydrogens (primary N) is 1. The number of rotatable bonds is 5. The molecule has 0 aromatic heterocycles. The van der Waals surface area contributed by atoms with E-state index in [1.165, 1.54) is 18.4 Å². The third kappa shape index (κ3) is 3.43. The Labute approximate surface area is 152 Å². The van der Waals surface area contributed by atoms with Crippen molar-refractivity contribution in [3.63, 3.8) is 0 Å². The van der Waals surface area contributed by atoms with E-state index in [9.17, 15) is 14.3 Å². The second kappa shape index (κ2) is 7.37. The fourth-order valence-electron chi connectivity index (χ4n) is 2.64. The first-order valence-electron chi connectivity index (χ1n) is 7.71. The highest BCUT2D eigenvalue weighted by atomic mass is 32.2. The van der Waals surface area contributed by atoms with Gasteiger partial charge in [0, 0.05) is 11.8 Å². The Morgan fingerprint density at radius 1 is 0.962 bits per heavy atom. The monoisotopic (exact) mass is 368 g/mol. The van der Waals surface area contributed by atoms with Crippen LogP contribution in [0.25, 0.3) is 11.1 Å². The van der Waals surface area contributed by atoms with Crippen molar-refractivity contribution < 1.29 is 13.9 Å². The van der Waals surface area contributed by atoms with Crippen LogP contribution >= 0.6 is 0 Å². The minimum atomic E-state index is -1.65. The SMILES string of the molecule is CS(=O)c1c(Oc2ccccc2-c2ccccc2)ccc(N)c1[N+](=O)[O-]. The lowest BCUT2D eigenvalue weighted by Crippen LogP contribution is -2.04. The predicted octanol–water partition coefficient (Wildman–Crippen LogP) is 4.37. The molecule has 0 aliphatic heterocycles. The number of hydrogen-bond acceptors (Lipinski definition) is 5. The van der Waals surface area contributed by atoms with Crippen LogP contribution in [0.4, 0.5) is 11.4 Å². The topological polar surface area (TPSA) is 95.5 Å². The van der Waals surface area contributed by atoms with E-state index in [0.717, 1.165) is 11.1 Å². The molecular weight excluding hydrogens is 352 g/mol. The highest BCUT2D eigenvalue weighted by Gasteiger charge is 2.26. The van der Waals surface area contributed by atoms with Gasteiger partial charge in [-0.25, -0.2) is 0 Å². The van der Waals surface area contributed by atoms with Crippen molar-refractivity contribution in [2.75, 3.05) is 12.0 Å². The predicted molar refractivity (Wildman–Crippen MR) is 102 cm³/mol. The number of para-hydroxylation sites is 1. The van der Waals surface area contributed by atoms with Gasteiger partial charge in [0.2, 0.25) is 0 Å². The standard InChI is InChI=1S/C19H16N2O4S/c1-26(24)19-17(12-11-15(20)18(19)21(22)23)25-16-10-6-5-9-14(16)13-7-3-2-4-8-13/h2-12H,20H2,1H3. The van der Waals surface area contributed by atoms with E-state index < -0.39 is 15.7 Å². The van der Waals surface area contributed by atoms with Crippen LogP contribution in [-0.2, 0) is 10.8 Å². The summed E-state index contributed by atoms with van der Waals surface area (Å²) in [5, 5.41) is 11.4. The Morgan fingerprint density at radius 3 is 2.27 bits per heavy atom. The van der Waals surface area contributed by atoms with Gasteiger partial charge in [0.1, 0.15) is 11.4 Å². The molecule has 0 spiro atoms. The van der Waals surface area contributed by atoms with Gasteiger partial charge in [-0.05, 0) is 23.8 Å². The normalized spacial score (nSPS) is 11.7. The second-order valence-electron chi connectivity index (χ2n) is 5.51. The Hall–Kier alpha value is -3.19. The summed E-state index contributed by atoms with van der Waals surface area (Å²) >= 11 is 0. The molecule has 0 saturated carbocycles. The second-order valence-corrected chi connectivity index (χ2v) is 6.82. The maximum absolute atomic E-state index is 12.2. The van der Waals surface area contributed by atoms with E-state index >= 15 is 0 Å². The quantitative estimate of drug-likeness (QED) is 0.410. The van der Waals surface area contributed by atoms with Crippen LogP contribution in [0, 0.1) is 10.1 Å². The van der Waals surface area contributed by atoms with Gasteiger partial charge >= 0.3 is 5.69 Å². The first-order valence-corrected chi connectivity index (χ1v) is 9.27. The zero-order valence-corrected chi connectivity index (χ0v) is 14.7. The summed E-state index contributed by atoms with van der Waals surface area (Å²) in [7, 11) is -1.65. The Kier molecular flexibility index (Phi) is 4.99. The fourth-order valence-corrected chi connectivity index (χ4v) is 3.50. The van der Waals surface area contributed by atoms with Gasteiger partial charge in [0.15, 0.2) is 10.6 Å². The van der Waals surface area contributed by atoms with Crippen LogP contribution in [-0.4, -0.2) is 15.4 Å². The number of anilines is 1. The van der Waals surface area contributed by atoms with Crippen LogP contribution < -0.4 is 10.5 Å². The summed E-state index contributed by atoms with van der Waals surface area (Å²) in [6.45, 7) is 0. The smallest absolute Gasteiger partial charge is 0.311 e. The number of nitrogens with zero attached hydrogens (tertiary/aromatic N) is 1. The van der Waals surface area contributed by atoms with Crippen molar-refractivity contribution in [3.05, 3.63) is 76.8 Å². The lowest BCUT2D eigenvalue weighted by Gasteiger charge is -2.14. The maximum atomic E-state index is 12.2. The molecule has 6 nitrogen and oxygen atoms in total. The molecule has 1 unspecified atom stereocenters. The van der Waals surface area contributed by atoms with Crippen molar-refractivity contribution >= 4 is 22.2 Å². The third-order valence-corrected chi connectivity index (χ3v) is 4.76. The molecule has 0 aliphatic rings. The Morgan fingerprint density at radius 2 is 1.62 bits per heavy atom. The summed E-state index contributed by atoms with van der Waals surface area (Å²) in [5.41, 5.74) is 7.03. The number of hydrogen-bond donors (Lipinski definition) is 1. The van der Waals surface area contributed by atoms with Gasteiger partial charge in [-0.2, -0.15) is 0 Å². The van der Waals surface area contributed by atoms with E-state index in [2.05, 4.69) is 0 Å². The van der Waals surface area contributed by atoms with Crippen LogP contribution in [0.3, 0.4) is 0 Å². The van der Waals surface area contributed by atoms with Gasteiger partial charge in [0.25, 0.3) is 0 Å². The number of benzene rings is 3. The largest absolute Gasteiger partial charge is 0.455 e. The minimum absolute atomic E-state index is 0.0298. The summed E-state index contributed by atoms with van der Waals surface area (Å²) in [6.07, 6.45) is 1.36. The molecule has 1 atom stereocenters. The molecule has 3 rings (SSSR count). The van der Waals surface area contributed by atoms with Crippen molar-refractivity contribution in [2.24, 2.45) is 0 Å². The zero-order valence-electron chi connectivity index (χ0n) is 13.9. The highest BCUT2D eigenvalue weighted by Crippen LogP contribution is 2.40. The molecule has 0 aliphatic carbocycles. The Bertz CT molecular complexity index is 990. The third-order valence-electron chi connectivity index (χ3n) is 3.79. The van der Waals surface area contributed by atoms with Gasteiger partial charge in [-0.1, -0.05) is 48.5 Å². The molecule has 3 aromatic carbocycles. The van der Waals surface area contributed by atoms with E-state index in [1.807, 2.05) is 42.5 Å². The molecule has 26 heavy (non-hydrogen) atoms. The van der Waals surface area contributed by atoms with Crippen LogP contribution in [0.1, 0.15) is 0 Å². The van der Waals surface area contributed by atoms with E-state index in [-0.39, 0.29) is 22.0 Å². The molecule has 132 valence electrons. The minimum Gasteiger partial charge on any atom is -0.455 e. The van der Waals surface area contributed by atoms with Gasteiger partial charge in [-0.3, -0.25) is 14.3 Å². The van der Waals surface area contributed by atoms with Crippen molar-refractivity contribution in [1.29, 1.82) is 0 Å². The first kappa shape index (κ1) is 17.6. The summed E-state index contributed by atoms with van der Waals surface area (Å²) in [6, 6.07) is 19.8. The number of nitro groups is 1. The maximum Gasteiger partial charge on any atom is 0.311 e. The summed E-state index contributed by atoms with van der Waals surface area (Å²) < 4.78 is 18.1. The number of nitro benzene ring substituents is 1. The van der Waals surface area contributed by atoms with E-state index in [4.69, 9.17) is 10.5 Å². The first-order chi connectivity index (χ1) is 12.5. The highest BCUT2D eigenvalue weighted by molar-refractivity contribution is 7.84.